The topological polar surface area (TPSA) is 52.7 Å². The van der Waals surface area contributed by atoms with Crippen LogP contribution in [0.25, 0.3) is 0 Å². The molecule has 3 aromatic carbocycles. The minimum atomic E-state index is -1.06. The number of benzene rings is 3. The number of Topliss-reactive ketones (excluding diaryl/α,β-unsaturated/α-hetero) is 2. The number of nitrogens with zero attached hydrogens (tertiary/aromatic N) is 2. The highest BCUT2D eigenvalue weighted by Crippen LogP contribution is 2.63. The molecule has 0 amide bonds. The molecule has 0 spiro atoms. The van der Waals surface area contributed by atoms with Gasteiger partial charge in [0, 0.05) is 68.9 Å². The Morgan fingerprint density at radius 2 is 1.28 bits per heavy atom. The first-order valence-electron chi connectivity index (χ1n) is 12.1. The normalized spacial score (nSPS) is 31.9. The third-order valence-corrected chi connectivity index (χ3v) is 9.22. The Bertz CT molecular complexity index is 1380. The lowest BCUT2D eigenvalue weighted by molar-refractivity contribution is -0.121. The van der Waals surface area contributed by atoms with E-state index in [2.05, 4.69) is 15.1 Å². The Balaban J connectivity index is 1.41. The monoisotopic (exact) mass is 537 g/mol. The molecule has 5 nitrogen and oxygen atoms in total. The fraction of sp³-hybridized carbons (Fsp3) is 0.286. The van der Waals surface area contributed by atoms with Crippen LogP contribution in [0.4, 0.5) is 17.1 Å². The third-order valence-electron chi connectivity index (χ3n) is 8.46. The predicted octanol–water partition coefficient (Wildman–Crippen LogP) is 6.08. The van der Waals surface area contributed by atoms with Crippen LogP contribution in [-0.4, -0.2) is 35.4 Å². The number of hydrogen-bond acceptors (Lipinski definition) is 5. The fourth-order valence-corrected chi connectivity index (χ4v) is 7.73. The molecule has 7 rings (SSSR count). The van der Waals surface area contributed by atoms with Crippen LogP contribution in [0.5, 0.6) is 0 Å². The van der Waals surface area contributed by atoms with Crippen molar-refractivity contribution in [3.05, 3.63) is 87.9 Å². The number of rotatable bonds is 4. The van der Waals surface area contributed by atoms with Gasteiger partial charge in [-0.1, -0.05) is 34.8 Å². The summed E-state index contributed by atoms with van der Waals surface area (Å²) in [6, 6.07) is 22.2. The Hall–Kier alpha value is -2.73. The first-order chi connectivity index (χ1) is 17.4. The molecule has 4 aliphatic rings. The van der Waals surface area contributed by atoms with Gasteiger partial charge >= 0.3 is 0 Å². The summed E-state index contributed by atoms with van der Waals surface area (Å²) in [5, 5.41) is 5.52. The molecule has 2 aliphatic heterocycles. The Labute approximate surface area is 223 Å². The Morgan fingerprint density at radius 3 is 1.89 bits per heavy atom. The number of nitrogens with one attached hydrogen (secondary N) is 1. The van der Waals surface area contributed by atoms with Crippen molar-refractivity contribution in [2.75, 3.05) is 15.1 Å². The van der Waals surface area contributed by atoms with Crippen LogP contribution in [0, 0.1) is 11.8 Å². The zero-order chi connectivity index (χ0) is 24.8. The average Bonchev–Trinajstić information content (AvgIpc) is 3.53. The van der Waals surface area contributed by atoms with E-state index >= 15 is 0 Å². The van der Waals surface area contributed by atoms with E-state index in [0.717, 1.165) is 17.1 Å². The highest BCUT2D eigenvalue weighted by atomic mass is 35.5. The highest BCUT2D eigenvalue weighted by molar-refractivity contribution is 6.31. The second-order valence-electron chi connectivity index (χ2n) is 10.1. The molecule has 182 valence electrons. The van der Waals surface area contributed by atoms with E-state index in [9.17, 15) is 9.59 Å². The summed E-state index contributed by atoms with van der Waals surface area (Å²) >= 11 is 18.5. The number of carbonyl (C=O) groups is 2. The van der Waals surface area contributed by atoms with Gasteiger partial charge in [0.05, 0.1) is 6.04 Å². The van der Waals surface area contributed by atoms with Gasteiger partial charge < -0.3 is 15.1 Å². The van der Waals surface area contributed by atoms with Gasteiger partial charge in [-0.05, 0) is 72.8 Å². The van der Waals surface area contributed by atoms with Crippen molar-refractivity contribution < 1.29 is 9.59 Å². The Kier molecular flexibility index (Phi) is 4.92. The lowest BCUT2D eigenvalue weighted by Gasteiger charge is -2.42. The third kappa shape index (κ3) is 2.97. The van der Waals surface area contributed by atoms with Crippen LogP contribution in [0.1, 0.15) is 12.8 Å². The van der Waals surface area contributed by atoms with Crippen LogP contribution in [0.15, 0.2) is 72.8 Å². The zero-order valence-corrected chi connectivity index (χ0v) is 21.3. The maximum Gasteiger partial charge on any atom is 0.181 e. The van der Waals surface area contributed by atoms with Crippen molar-refractivity contribution in [3.63, 3.8) is 0 Å². The second-order valence-corrected chi connectivity index (χ2v) is 11.4. The summed E-state index contributed by atoms with van der Waals surface area (Å²) in [4.78, 5) is 32.3. The maximum absolute atomic E-state index is 14.2. The Morgan fingerprint density at radius 1 is 0.722 bits per heavy atom. The molecule has 2 aliphatic carbocycles. The van der Waals surface area contributed by atoms with E-state index in [1.165, 1.54) is 0 Å². The first-order valence-corrected chi connectivity index (χ1v) is 13.2. The van der Waals surface area contributed by atoms with Crippen LogP contribution in [-0.2, 0) is 9.59 Å². The van der Waals surface area contributed by atoms with Gasteiger partial charge in [-0.3, -0.25) is 9.59 Å². The molecular weight excluding hydrogens is 517 g/mol. The van der Waals surface area contributed by atoms with Crippen molar-refractivity contribution in [2.24, 2.45) is 11.8 Å². The minimum absolute atomic E-state index is 0.0140. The lowest BCUT2D eigenvalue weighted by Crippen LogP contribution is -2.60. The largest absolute Gasteiger partial charge is 0.364 e. The number of anilines is 3. The molecule has 2 heterocycles. The highest BCUT2D eigenvalue weighted by Gasteiger charge is 2.78. The smallest absolute Gasteiger partial charge is 0.181 e. The average molecular weight is 539 g/mol. The van der Waals surface area contributed by atoms with Gasteiger partial charge in [-0.25, -0.2) is 0 Å². The van der Waals surface area contributed by atoms with Crippen LogP contribution in [0.3, 0.4) is 0 Å². The number of ketones is 2. The molecule has 8 heteroatoms. The zero-order valence-electron chi connectivity index (χ0n) is 19.1. The van der Waals surface area contributed by atoms with E-state index in [0.29, 0.717) is 27.9 Å². The van der Waals surface area contributed by atoms with Crippen molar-refractivity contribution in [2.45, 2.75) is 36.6 Å². The van der Waals surface area contributed by atoms with Crippen molar-refractivity contribution in [3.8, 4) is 0 Å². The number of hydrogen-bond donors (Lipinski definition) is 1. The van der Waals surface area contributed by atoms with Gasteiger partial charge in [-0.2, -0.15) is 0 Å². The van der Waals surface area contributed by atoms with Gasteiger partial charge in [0.1, 0.15) is 0 Å². The molecule has 0 bridgehead atoms. The quantitative estimate of drug-likeness (QED) is 0.436. The molecule has 1 N–H and O–H groups in total. The minimum Gasteiger partial charge on any atom is -0.364 e. The molecule has 2 saturated carbocycles. The standard InChI is InChI=1S/C28H22Cl3N3O2/c29-15-1-7-18(8-2-15)32-28-24(36)14-22-26(28)25-21(33(22)19-9-3-16(30)4-10-19)13-23(35)27(25)34(28)20-11-5-17(31)6-12-20/h1-12,21-22,25-27,32H,13-14H2/t21-,22+,25-,26-,27-,28+/m0/s1. The molecule has 36 heavy (non-hydrogen) atoms. The van der Waals surface area contributed by atoms with Crippen molar-refractivity contribution in [1.82, 2.24) is 0 Å². The number of halogens is 3. The van der Waals surface area contributed by atoms with E-state index < -0.39 is 11.7 Å². The van der Waals surface area contributed by atoms with Crippen LogP contribution < -0.4 is 15.1 Å². The summed E-state index contributed by atoms with van der Waals surface area (Å²) < 4.78 is 0. The van der Waals surface area contributed by atoms with Gasteiger partial charge in [0.25, 0.3) is 0 Å². The van der Waals surface area contributed by atoms with Gasteiger partial charge in [0.15, 0.2) is 17.2 Å². The molecule has 4 fully saturated rings. The molecule has 0 aromatic heterocycles. The molecular formula is C28H22Cl3N3O2. The maximum atomic E-state index is 14.2. The SMILES string of the molecule is O=C1C[C@H]2[C@H]3[C@@H]4[C@@H](CC(=O)[C@@]4(Nc4ccc(Cl)cc4)N(c4ccc(Cl)cc4)[C@@H]13)N2c1ccc(Cl)cc1. The van der Waals surface area contributed by atoms with Gasteiger partial charge in [0.2, 0.25) is 0 Å². The summed E-state index contributed by atoms with van der Waals surface area (Å²) in [6.45, 7) is 0. The van der Waals surface area contributed by atoms with E-state index in [1.807, 2.05) is 72.8 Å². The van der Waals surface area contributed by atoms with E-state index in [4.69, 9.17) is 34.8 Å². The molecule has 3 aromatic rings. The predicted molar refractivity (Wildman–Crippen MR) is 143 cm³/mol. The van der Waals surface area contributed by atoms with Crippen LogP contribution in [0.2, 0.25) is 15.1 Å². The summed E-state index contributed by atoms with van der Waals surface area (Å²) in [6.07, 6.45) is 0.853. The summed E-state index contributed by atoms with van der Waals surface area (Å²) in [5.41, 5.74) is 1.56. The molecule has 6 atom stereocenters. The molecule has 0 radical (unpaired) electrons. The summed E-state index contributed by atoms with van der Waals surface area (Å²) in [5.74, 6) is 0.187. The number of carbonyl (C=O) groups excluding carboxylic acids is 2. The van der Waals surface area contributed by atoms with E-state index in [1.54, 1.807) is 0 Å². The molecule has 0 unspecified atom stereocenters. The summed E-state index contributed by atoms with van der Waals surface area (Å²) in [7, 11) is 0. The van der Waals surface area contributed by atoms with Crippen molar-refractivity contribution in [1.29, 1.82) is 0 Å². The lowest BCUT2D eigenvalue weighted by atomic mass is 9.86. The fourth-order valence-electron chi connectivity index (χ4n) is 7.36. The van der Waals surface area contributed by atoms with E-state index in [-0.39, 0.29) is 35.5 Å². The van der Waals surface area contributed by atoms with Crippen LogP contribution >= 0.6 is 34.8 Å². The molecule has 2 saturated heterocycles. The van der Waals surface area contributed by atoms with Gasteiger partial charge in [-0.15, -0.1) is 0 Å². The second kappa shape index (κ2) is 7.88. The van der Waals surface area contributed by atoms with Crippen molar-refractivity contribution >= 4 is 63.4 Å². The first kappa shape index (κ1) is 22.5.